The topological polar surface area (TPSA) is 37.8 Å². The van der Waals surface area contributed by atoms with Crippen molar-refractivity contribution in [2.45, 2.75) is 12.8 Å². The molecule has 0 radical (unpaired) electrons. The third kappa shape index (κ3) is 4.19. The summed E-state index contributed by atoms with van der Waals surface area (Å²) < 4.78 is 10.9. The van der Waals surface area contributed by atoms with Gasteiger partial charge in [-0.05, 0) is 45.2 Å². The van der Waals surface area contributed by atoms with E-state index in [2.05, 4.69) is 36.0 Å². The van der Waals surface area contributed by atoms with E-state index in [9.17, 15) is 0 Å². The summed E-state index contributed by atoms with van der Waals surface area (Å²) in [4.78, 5) is 9.55. The highest BCUT2D eigenvalue weighted by atomic mass is 32.1. The van der Waals surface area contributed by atoms with Crippen molar-refractivity contribution in [1.29, 1.82) is 0 Å². The number of methoxy groups -OCH3 is 2. The van der Waals surface area contributed by atoms with Gasteiger partial charge in [0.1, 0.15) is 10.0 Å². The summed E-state index contributed by atoms with van der Waals surface area (Å²) in [6, 6.07) is 5.90. The molecule has 1 aliphatic heterocycles. The lowest BCUT2D eigenvalue weighted by Gasteiger charge is -2.28. The van der Waals surface area contributed by atoms with E-state index >= 15 is 0 Å². The second-order valence-electron chi connectivity index (χ2n) is 6.61. The largest absolute Gasteiger partial charge is 0.493 e. The molecular weight excluding hydrogens is 346 g/mol. The molecule has 1 aromatic carbocycles. The van der Waals surface area contributed by atoms with Crippen LogP contribution in [0.3, 0.4) is 0 Å². The number of aryl methyl sites for hydroxylation is 1. The van der Waals surface area contributed by atoms with Gasteiger partial charge in [-0.1, -0.05) is 23.5 Å². The molecule has 2 aromatic rings. The number of benzene rings is 1. The van der Waals surface area contributed by atoms with E-state index in [4.69, 9.17) is 14.5 Å². The average molecular weight is 374 g/mol. The Balaban J connectivity index is 1.81. The molecule has 0 amide bonds. The second kappa shape index (κ2) is 8.56. The number of hydrogen-bond acceptors (Lipinski definition) is 6. The molecule has 0 unspecified atom stereocenters. The van der Waals surface area contributed by atoms with Crippen LogP contribution in [-0.4, -0.2) is 57.8 Å². The van der Waals surface area contributed by atoms with Crippen molar-refractivity contribution in [1.82, 2.24) is 9.88 Å². The Kier molecular flexibility index (Phi) is 6.16. The van der Waals surface area contributed by atoms with Gasteiger partial charge in [-0.3, -0.25) is 0 Å². The Labute approximate surface area is 159 Å². The van der Waals surface area contributed by atoms with Gasteiger partial charge >= 0.3 is 0 Å². The first kappa shape index (κ1) is 18.7. The van der Waals surface area contributed by atoms with Crippen molar-refractivity contribution in [2.75, 3.05) is 52.8 Å². The Morgan fingerprint density at radius 1 is 1.23 bits per heavy atom. The van der Waals surface area contributed by atoms with Gasteiger partial charge < -0.3 is 19.3 Å². The van der Waals surface area contributed by atoms with Gasteiger partial charge in [0.05, 0.1) is 19.9 Å². The van der Waals surface area contributed by atoms with E-state index in [0.29, 0.717) is 0 Å². The normalized spacial score (nSPS) is 14.1. The third-order valence-electron chi connectivity index (χ3n) is 4.48. The molecule has 0 fully saturated rings. The molecule has 140 valence electrons. The summed E-state index contributed by atoms with van der Waals surface area (Å²) in [5.41, 5.74) is 2.22. The fraction of sp³-hybridized carbons (Fsp3) is 0.450. The highest BCUT2D eigenvalue weighted by Crippen LogP contribution is 2.35. The van der Waals surface area contributed by atoms with E-state index in [1.54, 1.807) is 25.6 Å². The minimum atomic E-state index is 0.739. The average Bonchev–Trinajstić information content (AvgIpc) is 3.07. The van der Waals surface area contributed by atoms with E-state index in [1.165, 1.54) is 17.1 Å². The van der Waals surface area contributed by atoms with Gasteiger partial charge in [0.25, 0.3) is 0 Å². The fourth-order valence-corrected chi connectivity index (χ4v) is 4.19. The summed E-state index contributed by atoms with van der Waals surface area (Å²) in [5.74, 6) is 1.49. The molecule has 0 N–H and O–H groups in total. The minimum absolute atomic E-state index is 0.739. The van der Waals surface area contributed by atoms with Gasteiger partial charge in [0.2, 0.25) is 0 Å². The molecule has 0 spiro atoms. The summed E-state index contributed by atoms with van der Waals surface area (Å²) in [6.07, 6.45) is 6.37. The molecule has 0 aliphatic carbocycles. The zero-order valence-corrected chi connectivity index (χ0v) is 16.8. The van der Waals surface area contributed by atoms with Crippen molar-refractivity contribution >= 4 is 28.5 Å². The van der Waals surface area contributed by atoms with Crippen molar-refractivity contribution < 1.29 is 9.47 Å². The van der Waals surface area contributed by atoms with E-state index in [-0.39, 0.29) is 0 Å². The van der Waals surface area contributed by atoms with Crippen LogP contribution in [0, 0.1) is 0 Å². The van der Waals surface area contributed by atoms with Crippen LogP contribution in [0.5, 0.6) is 11.5 Å². The molecule has 6 heteroatoms. The molecule has 0 atom stereocenters. The van der Waals surface area contributed by atoms with Crippen LogP contribution in [0.2, 0.25) is 0 Å². The Bertz CT molecular complexity index is 770. The maximum absolute atomic E-state index is 5.50. The highest BCUT2D eigenvalue weighted by Gasteiger charge is 2.21. The van der Waals surface area contributed by atoms with Crippen LogP contribution in [0.4, 0.5) is 5.00 Å². The SMILES string of the molecule is COc1cccc(C=Cc2nc3c(s2)N(CCN(C)C)CCC3)c1OC. The zero-order chi connectivity index (χ0) is 18.5. The molecule has 1 aliphatic rings. The lowest BCUT2D eigenvalue weighted by Crippen LogP contribution is -2.34. The van der Waals surface area contributed by atoms with Crippen LogP contribution in [0.15, 0.2) is 18.2 Å². The molecule has 26 heavy (non-hydrogen) atoms. The summed E-state index contributed by atoms with van der Waals surface area (Å²) >= 11 is 1.78. The lowest BCUT2D eigenvalue weighted by molar-refractivity contribution is 0.354. The zero-order valence-electron chi connectivity index (χ0n) is 16.0. The molecule has 2 heterocycles. The van der Waals surface area contributed by atoms with Crippen LogP contribution >= 0.6 is 11.3 Å². The van der Waals surface area contributed by atoms with E-state index in [1.807, 2.05) is 18.2 Å². The Hall–Kier alpha value is -2.05. The number of aromatic nitrogens is 1. The Morgan fingerprint density at radius 3 is 2.81 bits per heavy atom. The monoisotopic (exact) mass is 373 g/mol. The van der Waals surface area contributed by atoms with Gasteiger partial charge in [-0.2, -0.15) is 0 Å². The molecular formula is C20H27N3O2S. The van der Waals surface area contributed by atoms with E-state index < -0.39 is 0 Å². The summed E-state index contributed by atoms with van der Waals surface area (Å²) in [6.45, 7) is 3.23. The molecule has 5 nitrogen and oxygen atoms in total. The van der Waals surface area contributed by atoms with Crippen LogP contribution < -0.4 is 14.4 Å². The fourth-order valence-electron chi connectivity index (χ4n) is 3.12. The second-order valence-corrected chi connectivity index (χ2v) is 7.62. The molecule has 0 saturated heterocycles. The number of likely N-dealkylation sites (N-methyl/N-ethyl adjacent to an activating group) is 1. The first-order valence-corrected chi connectivity index (χ1v) is 9.72. The smallest absolute Gasteiger partial charge is 0.167 e. The van der Waals surface area contributed by atoms with Crippen LogP contribution in [-0.2, 0) is 6.42 Å². The van der Waals surface area contributed by atoms with Crippen molar-refractivity contribution in [3.05, 3.63) is 34.5 Å². The summed E-state index contributed by atoms with van der Waals surface area (Å²) in [5, 5.41) is 2.37. The van der Waals surface area contributed by atoms with Crippen molar-refractivity contribution in [3.8, 4) is 11.5 Å². The first-order chi connectivity index (χ1) is 12.6. The van der Waals surface area contributed by atoms with Gasteiger partial charge in [0.15, 0.2) is 11.5 Å². The van der Waals surface area contributed by atoms with Crippen LogP contribution in [0.25, 0.3) is 12.2 Å². The number of hydrogen-bond donors (Lipinski definition) is 0. The minimum Gasteiger partial charge on any atom is -0.493 e. The standard InChI is InChI=1S/C20H27N3O2S/c1-22(2)13-14-23-12-6-8-16-20(23)26-18(21-16)11-10-15-7-5-9-17(24-3)19(15)25-4/h5,7,9-11H,6,8,12-14H2,1-4H3. The van der Waals surface area contributed by atoms with E-state index in [0.717, 1.165) is 48.1 Å². The quantitative estimate of drug-likeness (QED) is 0.741. The highest BCUT2D eigenvalue weighted by molar-refractivity contribution is 7.16. The molecule has 1 aromatic heterocycles. The van der Waals surface area contributed by atoms with Gasteiger partial charge in [0, 0.05) is 25.2 Å². The van der Waals surface area contributed by atoms with Crippen LogP contribution in [0.1, 0.15) is 22.7 Å². The Morgan fingerprint density at radius 2 is 2.08 bits per heavy atom. The van der Waals surface area contributed by atoms with Gasteiger partial charge in [-0.15, -0.1) is 0 Å². The third-order valence-corrected chi connectivity index (χ3v) is 5.60. The van der Waals surface area contributed by atoms with Crippen molar-refractivity contribution in [3.63, 3.8) is 0 Å². The maximum Gasteiger partial charge on any atom is 0.167 e. The number of anilines is 1. The number of nitrogens with zero attached hydrogens (tertiary/aromatic N) is 3. The number of rotatable bonds is 7. The lowest BCUT2D eigenvalue weighted by atomic mass is 10.1. The molecule has 3 rings (SSSR count). The van der Waals surface area contributed by atoms with Crippen molar-refractivity contribution in [2.24, 2.45) is 0 Å². The predicted molar refractivity (Wildman–Crippen MR) is 110 cm³/mol. The first-order valence-electron chi connectivity index (χ1n) is 8.91. The van der Waals surface area contributed by atoms with Gasteiger partial charge in [-0.25, -0.2) is 4.98 Å². The number of para-hydroxylation sites is 1. The molecule has 0 saturated carbocycles. The number of thiazole rings is 1. The molecule has 0 bridgehead atoms. The number of fused-ring (bicyclic) bond motifs is 1. The number of ether oxygens (including phenoxy) is 2. The summed E-state index contributed by atoms with van der Waals surface area (Å²) in [7, 11) is 7.56. The predicted octanol–water partition coefficient (Wildman–Crippen LogP) is 3.64. The maximum atomic E-state index is 5.50.